The maximum absolute atomic E-state index is 14.5. The molecule has 2 aromatic rings. The van der Waals surface area contributed by atoms with Gasteiger partial charge < -0.3 is 10.5 Å². The lowest BCUT2D eigenvalue weighted by atomic mass is 10.0. The smallest absolute Gasteiger partial charge is 0.414 e. The molecule has 0 unspecified atom stereocenters. The summed E-state index contributed by atoms with van der Waals surface area (Å²) in [6.45, 7) is 0.598. The van der Waals surface area contributed by atoms with Gasteiger partial charge in [0, 0.05) is 17.0 Å². The molecule has 2 N–H and O–H groups in total. The predicted molar refractivity (Wildman–Crippen MR) is 90.3 cm³/mol. The van der Waals surface area contributed by atoms with Gasteiger partial charge in [0.15, 0.2) is 0 Å². The molecule has 0 aromatic heterocycles. The molecule has 0 saturated carbocycles. The minimum absolute atomic E-state index is 0.254. The van der Waals surface area contributed by atoms with E-state index in [-0.39, 0.29) is 18.5 Å². The molecule has 23 heavy (non-hydrogen) atoms. The largest absolute Gasteiger partial charge is 0.443 e. The highest BCUT2D eigenvalue weighted by atomic mass is 32.2. The SMILES string of the molecule is CSc1cccc(-c2ccc(N3C[C@H](CN)OC3=O)cc2F)c1. The van der Waals surface area contributed by atoms with Gasteiger partial charge in [-0.2, -0.15) is 0 Å². The molecule has 1 saturated heterocycles. The zero-order valence-electron chi connectivity index (χ0n) is 12.7. The summed E-state index contributed by atoms with van der Waals surface area (Å²) in [6.07, 6.45) is 1.14. The Bertz CT molecular complexity index is 738. The number of benzene rings is 2. The average Bonchev–Trinajstić information content (AvgIpc) is 2.96. The van der Waals surface area contributed by atoms with Crippen molar-refractivity contribution in [1.29, 1.82) is 0 Å². The van der Waals surface area contributed by atoms with Crippen LogP contribution in [0.3, 0.4) is 0 Å². The van der Waals surface area contributed by atoms with Crippen LogP contribution in [0.2, 0.25) is 0 Å². The van der Waals surface area contributed by atoms with Gasteiger partial charge in [-0.15, -0.1) is 11.8 Å². The summed E-state index contributed by atoms with van der Waals surface area (Å²) >= 11 is 1.61. The van der Waals surface area contributed by atoms with E-state index in [1.807, 2.05) is 30.5 Å². The number of ether oxygens (including phenoxy) is 1. The summed E-state index contributed by atoms with van der Waals surface area (Å²) in [6, 6.07) is 12.5. The van der Waals surface area contributed by atoms with Crippen LogP contribution in [0.15, 0.2) is 47.4 Å². The Kier molecular flexibility index (Phi) is 4.54. The van der Waals surface area contributed by atoms with E-state index in [9.17, 15) is 9.18 Å². The number of cyclic esters (lactones) is 1. The van der Waals surface area contributed by atoms with Crippen molar-refractivity contribution in [2.45, 2.75) is 11.0 Å². The molecular formula is C17H17FN2O2S. The van der Waals surface area contributed by atoms with Crippen LogP contribution in [0.5, 0.6) is 0 Å². The molecule has 1 heterocycles. The van der Waals surface area contributed by atoms with Crippen LogP contribution in [0, 0.1) is 5.82 Å². The van der Waals surface area contributed by atoms with Crippen LogP contribution in [0.4, 0.5) is 14.9 Å². The Morgan fingerprint density at radius 1 is 1.35 bits per heavy atom. The van der Waals surface area contributed by atoms with Gasteiger partial charge in [0.05, 0.1) is 12.2 Å². The minimum Gasteiger partial charge on any atom is -0.443 e. The van der Waals surface area contributed by atoms with Crippen molar-refractivity contribution in [2.75, 3.05) is 24.2 Å². The molecule has 0 aliphatic carbocycles. The topological polar surface area (TPSA) is 55.6 Å². The first-order valence-electron chi connectivity index (χ1n) is 7.24. The van der Waals surface area contributed by atoms with E-state index in [0.29, 0.717) is 17.8 Å². The molecule has 6 heteroatoms. The van der Waals surface area contributed by atoms with E-state index in [2.05, 4.69) is 0 Å². The Hall–Kier alpha value is -2.05. The molecule has 0 bridgehead atoms. The lowest BCUT2D eigenvalue weighted by Crippen LogP contribution is -2.27. The maximum Gasteiger partial charge on any atom is 0.414 e. The van der Waals surface area contributed by atoms with Gasteiger partial charge in [-0.25, -0.2) is 9.18 Å². The highest BCUT2D eigenvalue weighted by Gasteiger charge is 2.31. The van der Waals surface area contributed by atoms with Crippen LogP contribution in [-0.4, -0.2) is 31.5 Å². The monoisotopic (exact) mass is 332 g/mol. The number of hydrogen-bond acceptors (Lipinski definition) is 4. The highest BCUT2D eigenvalue weighted by molar-refractivity contribution is 7.98. The van der Waals surface area contributed by atoms with E-state index >= 15 is 0 Å². The maximum atomic E-state index is 14.5. The van der Waals surface area contributed by atoms with Gasteiger partial charge in [-0.05, 0) is 42.2 Å². The normalized spacial score (nSPS) is 17.4. The van der Waals surface area contributed by atoms with Crippen molar-refractivity contribution >= 4 is 23.5 Å². The van der Waals surface area contributed by atoms with Crippen molar-refractivity contribution in [2.24, 2.45) is 5.73 Å². The Morgan fingerprint density at radius 2 is 2.17 bits per heavy atom. The molecule has 1 atom stereocenters. The number of nitrogens with two attached hydrogens (primary N) is 1. The van der Waals surface area contributed by atoms with Crippen LogP contribution in [0.1, 0.15) is 0 Å². The summed E-state index contributed by atoms with van der Waals surface area (Å²) < 4.78 is 19.6. The molecule has 1 amide bonds. The molecule has 0 spiro atoms. The van der Waals surface area contributed by atoms with Crippen molar-refractivity contribution in [3.8, 4) is 11.1 Å². The van der Waals surface area contributed by atoms with Gasteiger partial charge in [0.25, 0.3) is 0 Å². The fraction of sp³-hybridized carbons (Fsp3) is 0.235. The van der Waals surface area contributed by atoms with E-state index in [1.165, 1.54) is 11.0 Å². The van der Waals surface area contributed by atoms with Crippen LogP contribution in [0.25, 0.3) is 11.1 Å². The molecule has 0 radical (unpaired) electrons. The Morgan fingerprint density at radius 3 is 2.83 bits per heavy atom. The summed E-state index contributed by atoms with van der Waals surface area (Å²) in [5, 5.41) is 0. The number of nitrogens with zero attached hydrogens (tertiary/aromatic N) is 1. The molecular weight excluding hydrogens is 315 g/mol. The van der Waals surface area contributed by atoms with Crippen LogP contribution in [-0.2, 0) is 4.74 Å². The van der Waals surface area contributed by atoms with E-state index in [4.69, 9.17) is 10.5 Å². The Balaban J connectivity index is 1.90. The second-order valence-corrected chi connectivity index (χ2v) is 6.13. The van der Waals surface area contributed by atoms with Crippen molar-refractivity contribution in [1.82, 2.24) is 0 Å². The standard InChI is InChI=1S/C17H17FN2O2S/c1-23-14-4-2-3-11(7-14)15-6-5-12(8-16(15)18)20-10-13(9-19)22-17(20)21/h2-8,13H,9-10,19H2,1H3/t13-/m0/s1. The lowest BCUT2D eigenvalue weighted by Gasteiger charge is -2.14. The van der Waals surface area contributed by atoms with Gasteiger partial charge in [0.2, 0.25) is 0 Å². The number of thioether (sulfide) groups is 1. The summed E-state index contributed by atoms with van der Waals surface area (Å²) in [5.41, 5.74) is 7.31. The van der Waals surface area contributed by atoms with Gasteiger partial charge in [0.1, 0.15) is 11.9 Å². The number of amides is 1. The Labute approximate surface area is 138 Å². The summed E-state index contributed by atoms with van der Waals surface area (Å²) in [4.78, 5) is 14.3. The first-order chi connectivity index (χ1) is 11.1. The zero-order chi connectivity index (χ0) is 16.4. The average molecular weight is 332 g/mol. The molecule has 2 aromatic carbocycles. The molecule has 4 nitrogen and oxygen atoms in total. The van der Waals surface area contributed by atoms with Crippen molar-refractivity contribution in [3.63, 3.8) is 0 Å². The van der Waals surface area contributed by atoms with Crippen molar-refractivity contribution < 1.29 is 13.9 Å². The molecule has 120 valence electrons. The quantitative estimate of drug-likeness (QED) is 0.871. The second kappa shape index (κ2) is 6.60. The predicted octanol–water partition coefficient (Wildman–Crippen LogP) is 3.50. The number of anilines is 1. The van der Waals surface area contributed by atoms with E-state index < -0.39 is 6.09 Å². The molecule has 1 aliphatic heterocycles. The van der Waals surface area contributed by atoms with E-state index in [0.717, 1.165) is 10.5 Å². The number of rotatable bonds is 4. The second-order valence-electron chi connectivity index (χ2n) is 5.25. The first-order valence-corrected chi connectivity index (χ1v) is 8.47. The summed E-state index contributed by atoms with van der Waals surface area (Å²) in [5.74, 6) is -0.371. The van der Waals surface area contributed by atoms with Crippen LogP contribution < -0.4 is 10.6 Å². The fourth-order valence-electron chi connectivity index (χ4n) is 2.55. The van der Waals surface area contributed by atoms with Gasteiger partial charge >= 0.3 is 6.09 Å². The molecule has 3 rings (SSSR count). The first kappa shape index (κ1) is 15.8. The van der Waals surface area contributed by atoms with Gasteiger partial charge in [-0.1, -0.05) is 12.1 Å². The van der Waals surface area contributed by atoms with E-state index in [1.54, 1.807) is 23.9 Å². The van der Waals surface area contributed by atoms with Crippen LogP contribution >= 0.6 is 11.8 Å². The third-order valence-corrected chi connectivity index (χ3v) is 4.51. The number of hydrogen-bond donors (Lipinski definition) is 1. The number of carbonyl (C=O) groups is 1. The fourth-order valence-corrected chi connectivity index (χ4v) is 3.01. The third kappa shape index (κ3) is 3.18. The van der Waals surface area contributed by atoms with Gasteiger partial charge in [-0.3, -0.25) is 4.90 Å². The van der Waals surface area contributed by atoms with Crippen molar-refractivity contribution in [3.05, 3.63) is 48.3 Å². The lowest BCUT2D eigenvalue weighted by molar-refractivity contribution is 0.145. The summed E-state index contributed by atoms with van der Waals surface area (Å²) in [7, 11) is 0. The minimum atomic E-state index is -0.489. The number of halogens is 1. The molecule has 1 fully saturated rings. The number of carbonyl (C=O) groups excluding carboxylic acids is 1. The third-order valence-electron chi connectivity index (χ3n) is 3.78. The zero-order valence-corrected chi connectivity index (χ0v) is 13.5. The highest BCUT2D eigenvalue weighted by Crippen LogP contribution is 2.30. The molecule has 1 aliphatic rings.